The first-order chi connectivity index (χ1) is 11.2. The molecular formula is C15H21N3O3S2. The van der Waals surface area contributed by atoms with Crippen molar-refractivity contribution in [1.29, 1.82) is 0 Å². The van der Waals surface area contributed by atoms with Gasteiger partial charge in [0, 0.05) is 13.2 Å². The van der Waals surface area contributed by atoms with E-state index in [0.29, 0.717) is 36.7 Å². The van der Waals surface area contributed by atoms with Gasteiger partial charge in [-0.25, -0.2) is 13.1 Å². The van der Waals surface area contributed by atoms with Gasteiger partial charge in [0.05, 0.1) is 17.8 Å². The van der Waals surface area contributed by atoms with Crippen LogP contribution in [0, 0.1) is 0 Å². The Balaban J connectivity index is 1.50. The number of hydrogen-bond acceptors (Lipinski definition) is 6. The lowest BCUT2D eigenvalue weighted by atomic mass is 9.98. The molecule has 1 N–H and O–H groups in total. The third-order valence-electron chi connectivity index (χ3n) is 4.06. The average Bonchev–Trinajstić information content (AvgIpc) is 3.04. The largest absolute Gasteiger partial charge is 0.378 e. The van der Waals surface area contributed by atoms with Crippen LogP contribution in [-0.2, 0) is 14.8 Å². The summed E-state index contributed by atoms with van der Waals surface area (Å²) in [6.07, 6.45) is 7.06. The SMILES string of the molecule is O=S(=O)(NCCCOC1CCCCC1)c1cccc2nsnc12. The van der Waals surface area contributed by atoms with Crippen LogP contribution in [0.3, 0.4) is 0 Å². The quantitative estimate of drug-likeness (QED) is 0.772. The lowest BCUT2D eigenvalue weighted by Gasteiger charge is -2.21. The van der Waals surface area contributed by atoms with E-state index in [1.165, 1.54) is 19.3 Å². The normalized spacial score (nSPS) is 16.9. The van der Waals surface area contributed by atoms with Crippen LogP contribution in [0.15, 0.2) is 23.1 Å². The van der Waals surface area contributed by atoms with Gasteiger partial charge in [0.15, 0.2) is 0 Å². The zero-order valence-electron chi connectivity index (χ0n) is 12.9. The van der Waals surface area contributed by atoms with E-state index in [1.807, 2.05) is 0 Å². The molecule has 1 fully saturated rings. The van der Waals surface area contributed by atoms with Gasteiger partial charge in [-0.05, 0) is 31.4 Å². The number of benzene rings is 1. The molecule has 3 rings (SSSR count). The Kier molecular flexibility index (Phi) is 5.58. The van der Waals surface area contributed by atoms with Gasteiger partial charge < -0.3 is 4.74 Å². The summed E-state index contributed by atoms with van der Waals surface area (Å²) in [5, 5.41) is 0. The number of nitrogens with one attached hydrogen (secondary N) is 1. The fourth-order valence-corrected chi connectivity index (χ4v) is 4.67. The fraction of sp³-hybridized carbons (Fsp3) is 0.600. The Morgan fingerprint density at radius 1 is 1.22 bits per heavy atom. The van der Waals surface area contributed by atoms with Crippen LogP contribution in [0.5, 0.6) is 0 Å². The molecule has 0 atom stereocenters. The second-order valence-electron chi connectivity index (χ2n) is 5.77. The van der Waals surface area contributed by atoms with Crippen molar-refractivity contribution in [3.8, 4) is 0 Å². The van der Waals surface area contributed by atoms with E-state index in [4.69, 9.17) is 4.74 Å². The van der Waals surface area contributed by atoms with Crippen molar-refractivity contribution in [1.82, 2.24) is 13.5 Å². The van der Waals surface area contributed by atoms with Crippen LogP contribution in [0.2, 0.25) is 0 Å². The van der Waals surface area contributed by atoms with Crippen LogP contribution < -0.4 is 4.72 Å². The predicted octanol–water partition coefficient (Wildman–Crippen LogP) is 2.71. The van der Waals surface area contributed by atoms with E-state index in [2.05, 4.69) is 13.5 Å². The lowest BCUT2D eigenvalue weighted by Crippen LogP contribution is -2.26. The molecule has 1 aliphatic rings. The number of rotatable bonds is 7. The van der Waals surface area contributed by atoms with E-state index in [-0.39, 0.29) is 4.90 Å². The van der Waals surface area contributed by atoms with E-state index >= 15 is 0 Å². The average molecular weight is 355 g/mol. The van der Waals surface area contributed by atoms with Crippen molar-refractivity contribution >= 4 is 32.8 Å². The Bertz CT molecular complexity index is 739. The first-order valence-electron chi connectivity index (χ1n) is 7.99. The molecule has 1 aromatic heterocycles. The topological polar surface area (TPSA) is 81.2 Å². The maximum atomic E-state index is 12.4. The number of aromatic nitrogens is 2. The molecule has 1 aliphatic carbocycles. The second kappa shape index (κ2) is 7.65. The number of nitrogens with zero attached hydrogens (tertiary/aromatic N) is 2. The zero-order chi connectivity index (χ0) is 16.1. The minimum absolute atomic E-state index is 0.192. The fourth-order valence-electron chi connectivity index (χ4n) is 2.84. The van der Waals surface area contributed by atoms with Crippen molar-refractivity contribution in [2.45, 2.75) is 49.5 Å². The molecule has 0 bridgehead atoms. The summed E-state index contributed by atoms with van der Waals surface area (Å²) in [4.78, 5) is 0.192. The number of ether oxygens (including phenoxy) is 1. The zero-order valence-corrected chi connectivity index (χ0v) is 14.5. The van der Waals surface area contributed by atoms with E-state index in [9.17, 15) is 8.42 Å². The van der Waals surface area contributed by atoms with Crippen LogP contribution in [0.1, 0.15) is 38.5 Å². The van der Waals surface area contributed by atoms with Crippen LogP contribution in [0.25, 0.3) is 11.0 Å². The first kappa shape index (κ1) is 16.8. The molecule has 2 aromatic rings. The summed E-state index contributed by atoms with van der Waals surface area (Å²) < 4.78 is 41.4. The number of sulfonamides is 1. The molecule has 0 aliphatic heterocycles. The molecule has 126 valence electrons. The summed E-state index contributed by atoms with van der Waals surface area (Å²) in [6, 6.07) is 5.00. The summed E-state index contributed by atoms with van der Waals surface area (Å²) in [6.45, 7) is 0.957. The van der Waals surface area contributed by atoms with Gasteiger partial charge in [0.2, 0.25) is 10.0 Å². The maximum absolute atomic E-state index is 12.4. The van der Waals surface area contributed by atoms with Gasteiger partial charge >= 0.3 is 0 Å². The molecule has 0 unspecified atom stereocenters. The van der Waals surface area contributed by atoms with Crippen LogP contribution in [0.4, 0.5) is 0 Å². The van der Waals surface area contributed by atoms with Crippen molar-refractivity contribution in [2.24, 2.45) is 0 Å². The molecule has 1 aromatic carbocycles. The third kappa shape index (κ3) is 4.26. The highest BCUT2D eigenvalue weighted by molar-refractivity contribution is 7.89. The monoisotopic (exact) mass is 355 g/mol. The summed E-state index contributed by atoms with van der Waals surface area (Å²) in [5.74, 6) is 0. The molecule has 0 radical (unpaired) electrons. The molecule has 6 nitrogen and oxygen atoms in total. The lowest BCUT2D eigenvalue weighted by molar-refractivity contribution is 0.0278. The van der Waals surface area contributed by atoms with Crippen molar-refractivity contribution in [2.75, 3.05) is 13.2 Å². The van der Waals surface area contributed by atoms with Gasteiger partial charge in [-0.2, -0.15) is 8.75 Å². The van der Waals surface area contributed by atoms with Gasteiger partial charge in [-0.1, -0.05) is 25.3 Å². The highest BCUT2D eigenvalue weighted by atomic mass is 32.2. The van der Waals surface area contributed by atoms with Crippen LogP contribution >= 0.6 is 11.7 Å². The maximum Gasteiger partial charge on any atom is 0.242 e. The standard InChI is InChI=1S/C15H21N3O3S2/c19-23(20,14-9-4-8-13-15(14)18-22-17-13)16-10-5-11-21-12-6-2-1-3-7-12/h4,8-9,12,16H,1-3,5-7,10-11H2. The van der Waals surface area contributed by atoms with Gasteiger partial charge in [0.25, 0.3) is 0 Å². The van der Waals surface area contributed by atoms with Gasteiger partial charge in [-0.3, -0.25) is 0 Å². The van der Waals surface area contributed by atoms with Crippen LogP contribution in [-0.4, -0.2) is 36.4 Å². The molecule has 0 amide bonds. The third-order valence-corrected chi connectivity index (χ3v) is 6.09. The van der Waals surface area contributed by atoms with Crippen molar-refractivity contribution < 1.29 is 13.2 Å². The number of hydrogen-bond donors (Lipinski definition) is 1. The van der Waals surface area contributed by atoms with Crippen molar-refractivity contribution in [3.05, 3.63) is 18.2 Å². The van der Waals surface area contributed by atoms with Gasteiger partial charge in [-0.15, -0.1) is 0 Å². The minimum atomic E-state index is -3.56. The van der Waals surface area contributed by atoms with E-state index < -0.39 is 10.0 Å². The molecule has 1 heterocycles. The van der Waals surface area contributed by atoms with E-state index in [0.717, 1.165) is 24.6 Å². The van der Waals surface area contributed by atoms with Gasteiger partial charge in [0.1, 0.15) is 15.9 Å². The summed E-state index contributed by atoms with van der Waals surface area (Å²) in [5.41, 5.74) is 1.04. The molecular weight excluding hydrogens is 334 g/mol. The Morgan fingerprint density at radius 3 is 2.87 bits per heavy atom. The minimum Gasteiger partial charge on any atom is -0.378 e. The molecule has 1 saturated carbocycles. The Morgan fingerprint density at radius 2 is 2.04 bits per heavy atom. The van der Waals surface area contributed by atoms with E-state index in [1.54, 1.807) is 18.2 Å². The Hall–Kier alpha value is -1.09. The molecule has 0 spiro atoms. The summed E-state index contributed by atoms with van der Waals surface area (Å²) in [7, 11) is -3.56. The van der Waals surface area contributed by atoms with Crippen molar-refractivity contribution in [3.63, 3.8) is 0 Å². The summed E-state index contributed by atoms with van der Waals surface area (Å²) >= 11 is 1.02. The highest BCUT2D eigenvalue weighted by Gasteiger charge is 2.19. The molecule has 23 heavy (non-hydrogen) atoms. The molecule has 0 saturated heterocycles. The first-order valence-corrected chi connectivity index (χ1v) is 10.2. The Labute approximate surface area is 140 Å². The highest BCUT2D eigenvalue weighted by Crippen LogP contribution is 2.21. The molecule has 8 heteroatoms. The smallest absolute Gasteiger partial charge is 0.242 e. The predicted molar refractivity (Wildman–Crippen MR) is 90.0 cm³/mol. The number of fused-ring (bicyclic) bond motifs is 1. The second-order valence-corrected chi connectivity index (χ2v) is 8.03.